The maximum absolute atomic E-state index is 12.9. The van der Waals surface area contributed by atoms with Gasteiger partial charge in [-0.25, -0.2) is 0 Å². The molecule has 3 rings (SSSR count). The molecule has 1 saturated heterocycles. The van der Waals surface area contributed by atoms with Gasteiger partial charge in [0.2, 0.25) is 0 Å². The number of Topliss-reactive ketones (excluding diaryl/α,β-unsaturated/α-hetero) is 1. The van der Waals surface area contributed by atoms with Crippen molar-refractivity contribution in [3.63, 3.8) is 0 Å². The fourth-order valence-electron chi connectivity index (χ4n) is 3.65. The van der Waals surface area contributed by atoms with Crippen LogP contribution in [-0.4, -0.2) is 64.9 Å². The van der Waals surface area contributed by atoms with Crippen LogP contribution in [0.3, 0.4) is 0 Å². The second kappa shape index (κ2) is 9.54. The van der Waals surface area contributed by atoms with E-state index in [1.807, 2.05) is 0 Å². The number of ketones is 1. The van der Waals surface area contributed by atoms with Crippen LogP contribution in [0.25, 0.3) is 5.76 Å². The van der Waals surface area contributed by atoms with Crippen LogP contribution in [0, 0.1) is 0 Å². The molecule has 0 aliphatic carbocycles. The van der Waals surface area contributed by atoms with E-state index < -0.39 is 17.7 Å². The molecule has 7 heteroatoms. The largest absolute Gasteiger partial charge is 0.507 e. The predicted octanol–water partition coefficient (Wildman–Crippen LogP) is 2.85. The van der Waals surface area contributed by atoms with E-state index in [1.54, 1.807) is 55.8 Å². The first kappa shape index (κ1) is 21.5. The second-order valence-electron chi connectivity index (χ2n) is 7.00. The van der Waals surface area contributed by atoms with Crippen LogP contribution in [0.15, 0.2) is 54.2 Å². The zero-order valence-corrected chi connectivity index (χ0v) is 17.5. The van der Waals surface area contributed by atoms with Crippen molar-refractivity contribution in [2.24, 2.45) is 0 Å². The van der Waals surface area contributed by atoms with Crippen LogP contribution in [0.2, 0.25) is 0 Å². The number of nitrogens with zero attached hydrogens (tertiary/aromatic N) is 3. The van der Waals surface area contributed by atoms with Crippen molar-refractivity contribution >= 4 is 17.4 Å². The van der Waals surface area contributed by atoms with Gasteiger partial charge in [-0.05, 0) is 49.5 Å². The molecule has 1 aromatic heterocycles. The van der Waals surface area contributed by atoms with Crippen molar-refractivity contribution < 1.29 is 19.4 Å². The summed E-state index contributed by atoms with van der Waals surface area (Å²) < 4.78 is 5.15. The predicted molar refractivity (Wildman–Crippen MR) is 114 cm³/mol. The number of carbonyl (C=O) groups is 2. The molecule has 1 amide bonds. The average molecular weight is 409 g/mol. The van der Waals surface area contributed by atoms with Gasteiger partial charge in [0, 0.05) is 24.8 Å². The van der Waals surface area contributed by atoms with E-state index in [1.165, 1.54) is 4.90 Å². The van der Waals surface area contributed by atoms with Gasteiger partial charge in [0.05, 0.1) is 18.4 Å². The Kier molecular flexibility index (Phi) is 6.84. The lowest BCUT2D eigenvalue weighted by Crippen LogP contribution is -2.38. The van der Waals surface area contributed by atoms with E-state index in [2.05, 4.69) is 23.7 Å². The Hall–Kier alpha value is -3.19. The Morgan fingerprint density at radius 3 is 2.40 bits per heavy atom. The van der Waals surface area contributed by atoms with Gasteiger partial charge >= 0.3 is 0 Å². The number of rotatable bonds is 8. The molecule has 0 saturated carbocycles. The summed E-state index contributed by atoms with van der Waals surface area (Å²) in [6.45, 7) is 6.80. The number of amides is 1. The highest BCUT2D eigenvalue weighted by Crippen LogP contribution is 2.38. The number of likely N-dealkylation sites (tertiary alicyclic amines) is 1. The number of carbonyl (C=O) groups excluding carboxylic acids is 2. The van der Waals surface area contributed by atoms with Gasteiger partial charge < -0.3 is 19.6 Å². The number of pyridine rings is 1. The van der Waals surface area contributed by atoms with E-state index >= 15 is 0 Å². The van der Waals surface area contributed by atoms with Crippen molar-refractivity contribution in [1.29, 1.82) is 0 Å². The summed E-state index contributed by atoms with van der Waals surface area (Å²) in [4.78, 5) is 33.9. The number of aliphatic hydroxyl groups excluding tert-OH is 1. The molecule has 1 N–H and O–H groups in total. The first-order valence-corrected chi connectivity index (χ1v) is 10.1. The highest BCUT2D eigenvalue weighted by Gasteiger charge is 2.46. The number of aliphatic hydroxyl groups is 1. The molecule has 1 fully saturated rings. The normalized spacial score (nSPS) is 18.3. The summed E-state index contributed by atoms with van der Waals surface area (Å²) in [5.74, 6) is -0.893. The second-order valence-corrected chi connectivity index (χ2v) is 7.00. The molecule has 0 spiro atoms. The number of hydrogen-bond donors (Lipinski definition) is 1. The summed E-state index contributed by atoms with van der Waals surface area (Å²) in [5.41, 5.74) is 1.05. The smallest absolute Gasteiger partial charge is 0.295 e. The third-order valence-electron chi connectivity index (χ3n) is 5.42. The van der Waals surface area contributed by atoms with Crippen LogP contribution in [0.1, 0.15) is 31.1 Å². The Balaban J connectivity index is 2.05. The molecule has 1 unspecified atom stereocenters. The minimum atomic E-state index is -0.733. The molecule has 7 nitrogen and oxygen atoms in total. The van der Waals surface area contributed by atoms with Crippen LogP contribution in [0.4, 0.5) is 0 Å². The fourth-order valence-corrected chi connectivity index (χ4v) is 3.65. The molecule has 2 heterocycles. The Labute approximate surface area is 176 Å². The fraction of sp³-hybridized carbons (Fsp3) is 0.348. The number of hydrogen-bond acceptors (Lipinski definition) is 6. The molecular weight excluding hydrogens is 382 g/mol. The first-order valence-electron chi connectivity index (χ1n) is 10.1. The SMILES string of the molecule is CCN(CC)CCN1C(=O)C(=O)/C(=C(\O)c2ccc(OC)cc2)C1c1ccccn1. The van der Waals surface area contributed by atoms with E-state index in [9.17, 15) is 14.7 Å². The number of likely N-dealkylation sites (N-methyl/N-ethyl adjacent to an activating group) is 1. The topological polar surface area (TPSA) is 83.0 Å². The van der Waals surface area contributed by atoms with Crippen molar-refractivity contribution in [2.75, 3.05) is 33.3 Å². The minimum Gasteiger partial charge on any atom is -0.507 e. The maximum Gasteiger partial charge on any atom is 0.295 e. The van der Waals surface area contributed by atoms with Crippen molar-refractivity contribution in [3.05, 3.63) is 65.5 Å². The van der Waals surface area contributed by atoms with Crippen LogP contribution in [-0.2, 0) is 9.59 Å². The molecule has 1 aliphatic rings. The average Bonchev–Trinajstić information content (AvgIpc) is 3.05. The molecule has 30 heavy (non-hydrogen) atoms. The third kappa shape index (κ3) is 4.21. The van der Waals surface area contributed by atoms with Crippen LogP contribution < -0.4 is 4.74 Å². The Morgan fingerprint density at radius 1 is 1.13 bits per heavy atom. The van der Waals surface area contributed by atoms with E-state index in [0.29, 0.717) is 30.1 Å². The zero-order chi connectivity index (χ0) is 21.7. The molecular formula is C23H27N3O4. The first-order chi connectivity index (χ1) is 14.5. The van der Waals surface area contributed by atoms with Crippen LogP contribution >= 0.6 is 0 Å². The van der Waals surface area contributed by atoms with Gasteiger partial charge in [-0.3, -0.25) is 14.6 Å². The van der Waals surface area contributed by atoms with Gasteiger partial charge in [-0.1, -0.05) is 19.9 Å². The molecule has 0 radical (unpaired) electrons. The molecule has 1 aromatic carbocycles. The standard InChI is InChI=1S/C23H27N3O4/c1-4-25(5-2)14-15-26-20(18-8-6-7-13-24-18)19(22(28)23(26)29)21(27)16-9-11-17(30-3)12-10-16/h6-13,20,27H,4-5,14-15H2,1-3H3/b21-19-. The van der Waals surface area contributed by atoms with Crippen molar-refractivity contribution in [3.8, 4) is 5.75 Å². The monoisotopic (exact) mass is 409 g/mol. The molecule has 1 aliphatic heterocycles. The minimum absolute atomic E-state index is 0.0587. The lowest BCUT2D eigenvalue weighted by atomic mass is 9.98. The Morgan fingerprint density at radius 2 is 1.83 bits per heavy atom. The van der Waals surface area contributed by atoms with Crippen molar-refractivity contribution in [1.82, 2.24) is 14.8 Å². The third-order valence-corrected chi connectivity index (χ3v) is 5.42. The maximum atomic E-state index is 12.9. The summed E-state index contributed by atoms with van der Waals surface area (Å²) >= 11 is 0. The molecule has 2 aromatic rings. The van der Waals surface area contributed by atoms with Gasteiger partial charge in [-0.15, -0.1) is 0 Å². The quantitative estimate of drug-likeness (QED) is 0.410. The Bertz CT molecular complexity index is 921. The van der Waals surface area contributed by atoms with E-state index in [4.69, 9.17) is 4.74 Å². The number of aromatic nitrogens is 1. The summed E-state index contributed by atoms with van der Waals surface area (Å²) in [7, 11) is 1.55. The van der Waals surface area contributed by atoms with E-state index in [0.717, 1.165) is 13.1 Å². The zero-order valence-electron chi connectivity index (χ0n) is 17.5. The lowest BCUT2D eigenvalue weighted by molar-refractivity contribution is -0.140. The highest BCUT2D eigenvalue weighted by atomic mass is 16.5. The number of methoxy groups -OCH3 is 1. The van der Waals surface area contributed by atoms with E-state index in [-0.39, 0.29) is 11.3 Å². The van der Waals surface area contributed by atoms with Crippen molar-refractivity contribution in [2.45, 2.75) is 19.9 Å². The summed E-state index contributed by atoms with van der Waals surface area (Å²) in [6, 6.07) is 11.3. The summed E-state index contributed by atoms with van der Waals surface area (Å²) in [6.07, 6.45) is 1.62. The molecule has 158 valence electrons. The van der Waals surface area contributed by atoms with Gasteiger partial charge in [0.1, 0.15) is 17.6 Å². The van der Waals surface area contributed by atoms with Gasteiger partial charge in [0.15, 0.2) is 0 Å². The van der Waals surface area contributed by atoms with Crippen LogP contribution in [0.5, 0.6) is 5.75 Å². The van der Waals surface area contributed by atoms with Gasteiger partial charge in [0.25, 0.3) is 11.7 Å². The highest BCUT2D eigenvalue weighted by molar-refractivity contribution is 6.46. The molecule has 1 atom stereocenters. The lowest BCUT2D eigenvalue weighted by Gasteiger charge is -2.27. The molecule has 0 bridgehead atoms. The number of ether oxygens (including phenoxy) is 1. The summed E-state index contributed by atoms with van der Waals surface area (Å²) in [5, 5.41) is 11.0. The number of benzene rings is 1. The van der Waals surface area contributed by atoms with Gasteiger partial charge in [-0.2, -0.15) is 0 Å².